The number of hydrogen-bond donors (Lipinski definition) is 0. The lowest BCUT2D eigenvalue weighted by molar-refractivity contribution is 0.0744. The number of anilines is 1. The Morgan fingerprint density at radius 2 is 1.67 bits per heavy atom. The van der Waals surface area contributed by atoms with Crippen LogP contribution in [0.15, 0.2) is 85.1 Å². The van der Waals surface area contributed by atoms with Crippen LogP contribution in [-0.2, 0) is 6.61 Å². The Labute approximate surface area is 198 Å². The number of amides is 1. The van der Waals surface area contributed by atoms with Crippen LogP contribution in [0.3, 0.4) is 0 Å². The van der Waals surface area contributed by atoms with Crippen LogP contribution in [0.4, 0.5) is 5.69 Å². The van der Waals surface area contributed by atoms with Gasteiger partial charge in [-0.1, -0.05) is 48.0 Å². The summed E-state index contributed by atoms with van der Waals surface area (Å²) >= 11 is 6.13. The molecule has 33 heavy (non-hydrogen) atoms. The lowest BCUT2D eigenvalue weighted by Crippen LogP contribution is -2.49. The standard InChI is InChI=1S/C27H24ClN3O2/c28-21-10-11-24-25(18-21)29-13-12-26(24)30-14-16-31(17-15-30)27(32)23-9-5-4-6-20(23)19-33-22-7-2-1-3-8-22/h1-13,18H,14-17,19H2. The normalized spacial score (nSPS) is 13.8. The van der Waals surface area contributed by atoms with E-state index in [1.54, 1.807) is 0 Å². The Balaban J connectivity index is 1.28. The number of pyridine rings is 1. The van der Waals surface area contributed by atoms with Gasteiger partial charge < -0.3 is 14.5 Å². The third kappa shape index (κ3) is 4.64. The molecule has 0 spiro atoms. The van der Waals surface area contributed by atoms with Gasteiger partial charge in [-0.25, -0.2) is 0 Å². The summed E-state index contributed by atoms with van der Waals surface area (Å²) in [4.78, 5) is 22.0. The lowest BCUT2D eigenvalue weighted by atomic mass is 10.1. The maximum absolute atomic E-state index is 13.4. The Bertz CT molecular complexity index is 1270. The topological polar surface area (TPSA) is 45.7 Å². The first kappa shape index (κ1) is 21.3. The summed E-state index contributed by atoms with van der Waals surface area (Å²) < 4.78 is 5.90. The van der Waals surface area contributed by atoms with E-state index < -0.39 is 0 Å². The van der Waals surface area contributed by atoms with Crippen molar-refractivity contribution in [3.8, 4) is 5.75 Å². The van der Waals surface area contributed by atoms with Crippen molar-refractivity contribution in [2.24, 2.45) is 0 Å². The Morgan fingerprint density at radius 1 is 0.909 bits per heavy atom. The molecule has 0 aliphatic carbocycles. The molecule has 0 saturated carbocycles. The van der Waals surface area contributed by atoms with E-state index in [2.05, 4.69) is 9.88 Å². The van der Waals surface area contributed by atoms with E-state index in [4.69, 9.17) is 16.3 Å². The Hall–Kier alpha value is -3.57. The number of halogens is 1. The van der Waals surface area contributed by atoms with E-state index in [0.717, 1.165) is 41.0 Å². The molecule has 5 rings (SSSR count). The third-order valence-corrected chi connectivity index (χ3v) is 6.21. The van der Waals surface area contributed by atoms with E-state index in [1.807, 2.05) is 90.0 Å². The molecule has 5 nitrogen and oxygen atoms in total. The average molecular weight is 458 g/mol. The number of hydrogen-bond acceptors (Lipinski definition) is 4. The lowest BCUT2D eigenvalue weighted by Gasteiger charge is -2.36. The first-order valence-corrected chi connectivity index (χ1v) is 11.4. The van der Waals surface area contributed by atoms with Gasteiger partial charge in [0, 0.05) is 59.6 Å². The number of ether oxygens (including phenoxy) is 1. The number of benzene rings is 3. The minimum absolute atomic E-state index is 0.0493. The molecule has 1 saturated heterocycles. The number of fused-ring (bicyclic) bond motifs is 1. The fourth-order valence-corrected chi connectivity index (χ4v) is 4.40. The summed E-state index contributed by atoms with van der Waals surface area (Å²) in [5.74, 6) is 0.840. The summed E-state index contributed by atoms with van der Waals surface area (Å²) in [6.07, 6.45) is 1.81. The van der Waals surface area contributed by atoms with Crippen LogP contribution in [0, 0.1) is 0 Å². The average Bonchev–Trinajstić information content (AvgIpc) is 2.87. The van der Waals surface area contributed by atoms with Gasteiger partial charge in [0.15, 0.2) is 0 Å². The van der Waals surface area contributed by atoms with Gasteiger partial charge in [0.1, 0.15) is 12.4 Å². The number of piperazine rings is 1. The van der Waals surface area contributed by atoms with Crippen LogP contribution < -0.4 is 9.64 Å². The highest BCUT2D eigenvalue weighted by atomic mass is 35.5. The van der Waals surface area contributed by atoms with Crippen molar-refractivity contribution in [2.75, 3.05) is 31.1 Å². The number of para-hydroxylation sites is 1. The van der Waals surface area contributed by atoms with Gasteiger partial charge in [-0.05, 0) is 42.5 Å². The van der Waals surface area contributed by atoms with Crippen LogP contribution in [0.2, 0.25) is 5.02 Å². The number of rotatable bonds is 5. The van der Waals surface area contributed by atoms with Gasteiger partial charge in [-0.3, -0.25) is 9.78 Å². The molecule has 0 unspecified atom stereocenters. The van der Waals surface area contributed by atoms with Gasteiger partial charge in [-0.2, -0.15) is 0 Å². The third-order valence-electron chi connectivity index (χ3n) is 5.97. The Morgan fingerprint density at radius 3 is 2.48 bits per heavy atom. The molecule has 6 heteroatoms. The second kappa shape index (κ2) is 9.51. The van der Waals surface area contributed by atoms with Gasteiger partial charge in [-0.15, -0.1) is 0 Å². The van der Waals surface area contributed by atoms with Gasteiger partial charge in [0.05, 0.1) is 5.52 Å². The zero-order chi connectivity index (χ0) is 22.6. The molecule has 0 atom stereocenters. The zero-order valence-corrected chi connectivity index (χ0v) is 18.9. The van der Waals surface area contributed by atoms with E-state index in [0.29, 0.717) is 30.3 Å². The molecular formula is C27H24ClN3O2. The van der Waals surface area contributed by atoms with Crippen LogP contribution >= 0.6 is 11.6 Å². The van der Waals surface area contributed by atoms with E-state index >= 15 is 0 Å². The minimum Gasteiger partial charge on any atom is -0.489 e. The minimum atomic E-state index is 0.0493. The molecule has 3 aromatic carbocycles. The highest BCUT2D eigenvalue weighted by molar-refractivity contribution is 6.31. The smallest absolute Gasteiger partial charge is 0.254 e. The molecule has 1 aliphatic heterocycles. The maximum atomic E-state index is 13.4. The predicted octanol–water partition coefficient (Wildman–Crippen LogP) is 5.43. The quantitative estimate of drug-likeness (QED) is 0.401. The number of aromatic nitrogens is 1. The first-order chi connectivity index (χ1) is 16.2. The first-order valence-electron chi connectivity index (χ1n) is 11.0. The molecule has 166 valence electrons. The molecule has 0 N–H and O–H groups in total. The largest absolute Gasteiger partial charge is 0.489 e. The SMILES string of the molecule is O=C(c1ccccc1COc1ccccc1)N1CCN(c2ccnc3cc(Cl)ccc23)CC1. The van der Waals surface area contributed by atoms with Crippen molar-refractivity contribution in [1.82, 2.24) is 9.88 Å². The molecule has 1 aliphatic rings. The summed E-state index contributed by atoms with van der Waals surface area (Å²) in [7, 11) is 0. The molecule has 0 bridgehead atoms. The second-order valence-corrected chi connectivity index (χ2v) is 8.47. The molecule has 1 amide bonds. The van der Waals surface area contributed by atoms with Crippen molar-refractivity contribution in [1.29, 1.82) is 0 Å². The maximum Gasteiger partial charge on any atom is 0.254 e. The van der Waals surface area contributed by atoms with Gasteiger partial charge in [0.2, 0.25) is 0 Å². The Kier molecular flexibility index (Phi) is 6.13. The van der Waals surface area contributed by atoms with Crippen molar-refractivity contribution in [3.63, 3.8) is 0 Å². The highest BCUT2D eigenvalue weighted by Gasteiger charge is 2.24. The van der Waals surface area contributed by atoms with E-state index in [-0.39, 0.29) is 5.91 Å². The van der Waals surface area contributed by atoms with Crippen LogP contribution in [-0.4, -0.2) is 42.0 Å². The molecule has 1 fully saturated rings. The second-order valence-electron chi connectivity index (χ2n) is 8.03. The van der Waals surface area contributed by atoms with Crippen LogP contribution in [0.25, 0.3) is 10.9 Å². The zero-order valence-electron chi connectivity index (χ0n) is 18.2. The van der Waals surface area contributed by atoms with Crippen molar-refractivity contribution >= 4 is 34.1 Å². The molecule has 0 radical (unpaired) electrons. The molecule has 4 aromatic rings. The number of carbonyl (C=O) groups excluding carboxylic acids is 1. The van der Waals surface area contributed by atoms with Crippen molar-refractivity contribution < 1.29 is 9.53 Å². The molecular weight excluding hydrogens is 434 g/mol. The number of nitrogens with zero attached hydrogens (tertiary/aromatic N) is 3. The summed E-state index contributed by atoms with van der Waals surface area (Å²) in [5.41, 5.74) is 3.60. The summed E-state index contributed by atoms with van der Waals surface area (Å²) in [6, 6.07) is 25.2. The van der Waals surface area contributed by atoms with Crippen LogP contribution in [0.1, 0.15) is 15.9 Å². The monoisotopic (exact) mass is 457 g/mol. The predicted molar refractivity (Wildman–Crippen MR) is 132 cm³/mol. The van der Waals surface area contributed by atoms with E-state index in [1.165, 1.54) is 0 Å². The van der Waals surface area contributed by atoms with Gasteiger partial charge >= 0.3 is 0 Å². The van der Waals surface area contributed by atoms with Crippen molar-refractivity contribution in [2.45, 2.75) is 6.61 Å². The molecule has 1 aromatic heterocycles. The summed E-state index contributed by atoms with van der Waals surface area (Å²) in [6.45, 7) is 3.19. The van der Waals surface area contributed by atoms with Gasteiger partial charge in [0.25, 0.3) is 5.91 Å². The fourth-order valence-electron chi connectivity index (χ4n) is 4.24. The van der Waals surface area contributed by atoms with E-state index in [9.17, 15) is 4.79 Å². The summed E-state index contributed by atoms with van der Waals surface area (Å²) in [5, 5.41) is 1.75. The molecule has 2 heterocycles. The van der Waals surface area contributed by atoms with Crippen LogP contribution in [0.5, 0.6) is 5.75 Å². The fraction of sp³-hybridized carbons (Fsp3) is 0.185. The van der Waals surface area contributed by atoms with Crippen molar-refractivity contribution in [3.05, 3.63) is 101 Å². The number of carbonyl (C=O) groups is 1. The highest BCUT2D eigenvalue weighted by Crippen LogP contribution is 2.28.